The zero-order chi connectivity index (χ0) is 25.0. The van der Waals surface area contributed by atoms with Crippen molar-refractivity contribution in [3.8, 4) is 11.9 Å². The van der Waals surface area contributed by atoms with E-state index in [0.717, 1.165) is 24.3 Å². The van der Waals surface area contributed by atoms with Gasteiger partial charge in [0.25, 0.3) is 0 Å². The fourth-order valence-corrected chi connectivity index (χ4v) is 5.65. The molecule has 3 aliphatic heterocycles. The Morgan fingerprint density at radius 1 is 1.30 bits per heavy atom. The first-order valence-electron chi connectivity index (χ1n) is 13.0. The van der Waals surface area contributed by atoms with E-state index in [0.29, 0.717) is 49.5 Å². The van der Waals surface area contributed by atoms with Crippen LogP contribution in [0.3, 0.4) is 0 Å². The highest BCUT2D eigenvalue weighted by Crippen LogP contribution is 2.40. The summed E-state index contributed by atoms with van der Waals surface area (Å²) in [7, 11) is -2.42. The second-order valence-corrected chi connectivity index (χ2v) is 9.15. The number of fused-ring (bicyclic) bond motifs is 3. The SMILES string of the molecule is [2H]C([2H])([2H])O[C@H]1CCN(c2cc(N3C4CCC3COC4)nc3c2c(C#N)nn3-c2ccn[nH]2)[C@H](C)C1. The smallest absolute Gasteiger partial charge is 0.174 e. The average molecular weight is 452 g/mol. The van der Waals surface area contributed by atoms with Crippen LogP contribution in [0.5, 0.6) is 0 Å². The van der Waals surface area contributed by atoms with Crippen molar-refractivity contribution >= 4 is 22.5 Å². The van der Waals surface area contributed by atoms with Crippen LogP contribution in [-0.4, -0.2) is 76.0 Å². The number of rotatable bonds is 4. The van der Waals surface area contributed by atoms with E-state index in [-0.39, 0.29) is 29.9 Å². The Labute approximate surface area is 196 Å². The van der Waals surface area contributed by atoms with E-state index in [1.807, 2.05) is 0 Å². The molecule has 33 heavy (non-hydrogen) atoms. The molecule has 3 aromatic rings. The molecule has 1 N–H and O–H groups in total. The number of hydrogen-bond acceptors (Lipinski definition) is 8. The molecule has 3 aromatic heterocycles. The molecule has 0 aromatic carbocycles. The molecule has 172 valence electrons. The summed E-state index contributed by atoms with van der Waals surface area (Å²) in [4.78, 5) is 9.64. The summed E-state index contributed by atoms with van der Waals surface area (Å²) in [6.45, 7) is 3.99. The van der Waals surface area contributed by atoms with Crippen molar-refractivity contribution in [1.29, 1.82) is 5.26 Å². The summed E-state index contributed by atoms with van der Waals surface area (Å²) in [6.07, 6.45) is 4.53. The van der Waals surface area contributed by atoms with Crippen molar-refractivity contribution in [2.75, 3.05) is 36.6 Å². The van der Waals surface area contributed by atoms with Crippen LogP contribution in [0.25, 0.3) is 16.9 Å². The van der Waals surface area contributed by atoms with Crippen LogP contribution in [0.4, 0.5) is 11.5 Å². The van der Waals surface area contributed by atoms with E-state index in [1.54, 1.807) is 16.9 Å². The molecular weight excluding hydrogens is 420 g/mol. The standard InChI is InChI=1S/C23H28N8O2/c1-14-9-17(32-2)6-8-29(14)19-10-21(30-15-3-4-16(30)13-33-12-15)26-23-22(19)18(11-24)28-31(23)20-5-7-25-27-20/h5,7,10,14-17H,3-4,6,8-9,12-13H2,1-2H3,(H,25,27)/t14-,15?,16?,17+/m1/s1/i2D3. The molecular formula is C23H28N8O2. The van der Waals surface area contributed by atoms with Crippen molar-refractivity contribution in [3.63, 3.8) is 0 Å². The number of hydrogen-bond donors (Lipinski definition) is 1. The molecule has 0 aliphatic carbocycles. The van der Waals surface area contributed by atoms with E-state index < -0.39 is 7.04 Å². The highest BCUT2D eigenvalue weighted by Gasteiger charge is 2.39. The van der Waals surface area contributed by atoms with E-state index in [2.05, 4.69) is 44.2 Å². The Bertz CT molecular complexity index is 1290. The van der Waals surface area contributed by atoms with Gasteiger partial charge in [0.1, 0.15) is 11.9 Å². The minimum Gasteiger partial charge on any atom is -0.381 e. The second-order valence-electron chi connectivity index (χ2n) is 9.15. The lowest BCUT2D eigenvalue weighted by molar-refractivity contribution is 0.0721. The second kappa shape index (κ2) is 8.01. The first-order valence-corrected chi connectivity index (χ1v) is 11.5. The third kappa shape index (κ3) is 3.26. The van der Waals surface area contributed by atoms with E-state index in [1.165, 1.54) is 0 Å². The van der Waals surface area contributed by atoms with E-state index >= 15 is 0 Å². The van der Waals surface area contributed by atoms with Gasteiger partial charge in [-0.15, -0.1) is 0 Å². The van der Waals surface area contributed by atoms with Gasteiger partial charge in [-0.05, 0) is 32.6 Å². The van der Waals surface area contributed by atoms with Crippen LogP contribution in [0.1, 0.15) is 42.4 Å². The Hall–Kier alpha value is -3.16. The summed E-state index contributed by atoms with van der Waals surface area (Å²) in [6, 6.07) is 6.63. The number of ether oxygens (including phenoxy) is 2. The maximum atomic E-state index is 10.0. The number of piperidine rings is 1. The Kier molecular flexibility index (Phi) is 4.21. The number of nitrogens with zero attached hydrogens (tertiary/aromatic N) is 7. The zero-order valence-corrected chi connectivity index (χ0v) is 18.4. The monoisotopic (exact) mass is 451 g/mol. The quantitative estimate of drug-likeness (QED) is 0.644. The normalized spacial score (nSPS) is 29.0. The fourth-order valence-electron chi connectivity index (χ4n) is 5.65. The molecule has 6 rings (SSSR count). The van der Waals surface area contributed by atoms with Gasteiger partial charge in [-0.2, -0.15) is 20.1 Å². The first kappa shape index (κ1) is 17.3. The first-order chi connectivity index (χ1) is 17.3. The van der Waals surface area contributed by atoms with Gasteiger partial charge >= 0.3 is 0 Å². The molecule has 10 heteroatoms. The van der Waals surface area contributed by atoms with Gasteiger partial charge in [-0.3, -0.25) is 5.10 Å². The highest BCUT2D eigenvalue weighted by atomic mass is 16.5. The Morgan fingerprint density at radius 2 is 2.15 bits per heavy atom. The van der Waals surface area contributed by atoms with Crippen LogP contribution >= 0.6 is 0 Å². The van der Waals surface area contributed by atoms with Gasteiger partial charge < -0.3 is 19.3 Å². The minimum absolute atomic E-state index is 0.00647. The number of morpholine rings is 1. The van der Waals surface area contributed by atoms with Crippen molar-refractivity contribution in [3.05, 3.63) is 24.0 Å². The highest BCUT2D eigenvalue weighted by molar-refractivity contribution is 5.96. The third-order valence-electron chi connectivity index (χ3n) is 7.23. The number of aromatic nitrogens is 5. The van der Waals surface area contributed by atoms with Crippen LogP contribution in [0.15, 0.2) is 18.3 Å². The van der Waals surface area contributed by atoms with Crippen LogP contribution < -0.4 is 9.80 Å². The van der Waals surface area contributed by atoms with Gasteiger partial charge in [-0.1, -0.05) is 0 Å². The molecule has 4 atom stereocenters. The summed E-state index contributed by atoms with van der Waals surface area (Å²) in [5.74, 6) is 1.46. The van der Waals surface area contributed by atoms with Crippen molar-refractivity contribution in [1.82, 2.24) is 25.0 Å². The van der Waals surface area contributed by atoms with Crippen LogP contribution in [0.2, 0.25) is 0 Å². The molecule has 3 saturated heterocycles. The van der Waals surface area contributed by atoms with Crippen molar-refractivity contribution in [2.24, 2.45) is 0 Å². The lowest BCUT2D eigenvalue weighted by atomic mass is 9.99. The summed E-state index contributed by atoms with van der Waals surface area (Å²) < 4.78 is 35.2. The number of H-pyrrole nitrogens is 1. The largest absolute Gasteiger partial charge is 0.381 e. The van der Waals surface area contributed by atoms with Gasteiger partial charge in [-0.25, -0.2) is 4.98 Å². The van der Waals surface area contributed by atoms with Crippen molar-refractivity contribution in [2.45, 2.75) is 56.8 Å². The number of nitrogens with one attached hydrogen (secondary N) is 1. The third-order valence-corrected chi connectivity index (χ3v) is 7.23. The lowest BCUT2D eigenvalue weighted by Crippen LogP contribution is -2.47. The molecule has 3 aliphatic rings. The average Bonchev–Trinajstić information content (AvgIpc) is 3.54. The van der Waals surface area contributed by atoms with Gasteiger partial charge in [0.2, 0.25) is 0 Å². The van der Waals surface area contributed by atoms with Crippen LogP contribution in [-0.2, 0) is 9.47 Å². The molecule has 3 fully saturated rings. The Morgan fingerprint density at radius 3 is 2.85 bits per heavy atom. The predicted octanol–water partition coefficient (Wildman–Crippen LogP) is 2.39. The van der Waals surface area contributed by atoms with Crippen LogP contribution in [0, 0.1) is 11.3 Å². The topological polar surface area (TPSA) is 108 Å². The summed E-state index contributed by atoms with van der Waals surface area (Å²) in [5, 5.41) is 22.3. The number of methoxy groups -OCH3 is 1. The van der Waals surface area contributed by atoms with Gasteiger partial charge in [0.05, 0.1) is 52.8 Å². The maximum absolute atomic E-state index is 10.0. The minimum atomic E-state index is -2.42. The Balaban J connectivity index is 1.48. The maximum Gasteiger partial charge on any atom is 0.174 e. The van der Waals surface area contributed by atoms with Gasteiger partial charge in [0.15, 0.2) is 17.2 Å². The zero-order valence-electron chi connectivity index (χ0n) is 21.4. The number of aromatic amines is 1. The molecule has 2 bridgehead atoms. The van der Waals surface area contributed by atoms with E-state index in [9.17, 15) is 5.26 Å². The molecule has 0 spiro atoms. The lowest BCUT2D eigenvalue weighted by Gasteiger charge is -2.40. The fraction of sp³-hybridized carbons (Fsp3) is 0.565. The summed E-state index contributed by atoms with van der Waals surface area (Å²) in [5.41, 5.74) is 1.75. The van der Waals surface area contributed by atoms with Gasteiger partial charge in [0, 0.05) is 31.8 Å². The summed E-state index contributed by atoms with van der Waals surface area (Å²) >= 11 is 0. The number of pyridine rings is 1. The molecule has 6 heterocycles. The number of nitriles is 1. The molecule has 0 amide bonds. The molecule has 10 nitrogen and oxygen atoms in total. The number of anilines is 2. The van der Waals surface area contributed by atoms with Crippen molar-refractivity contribution < 1.29 is 13.6 Å². The predicted molar refractivity (Wildman–Crippen MR) is 123 cm³/mol. The van der Waals surface area contributed by atoms with E-state index in [4.69, 9.17) is 18.6 Å². The molecule has 0 radical (unpaired) electrons. The molecule has 0 saturated carbocycles. The molecule has 2 unspecified atom stereocenters.